The van der Waals surface area contributed by atoms with Gasteiger partial charge in [0.05, 0.1) is 0 Å². The number of pyridine rings is 1. The van der Waals surface area contributed by atoms with E-state index in [4.69, 9.17) is 9.47 Å². The summed E-state index contributed by atoms with van der Waals surface area (Å²) in [5, 5.41) is 6.17. The average molecular weight is 341 g/mol. The second-order valence-corrected chi connectivity index (χ2v) is 5.93. The standard InChI is InChI=1S/C19H23N3O3/c1-2-3-4-8-20-18-11-15(7-9-21-18)19(23)22-12-14-5-6-16-17(10-14)25-13-24-16/h5-7,9-11H,2-4,8,12-13H2,1H3,(H,20,21)(H,22,23). The van der Waals surface area contributed by atoms with E-state index in [0.717, 1.165) is 30.1 Å². The molecule has 2 heterocycles. The van der Waals surface area contributed by atoms with Crippen molar-refractivity contribution in [1.29, 1.82) is 0 Å². The molecule has 0 radical (unpaired) electrons. The summed E-state index contributed by atoms with van der Waals surface area (Å²) in [6.45, 7) is 3.71. The van der Waals surface area contributed by atoms with Crippen LogP contribution in [0.4, 0.5) is 5.82 Å². The summed E-state index contributed by atoms with van der Waals surface area (Å²) in [7, 11) is 0. The number of hydrogen-bond acceptors (Lipinski definition) is 5. The summed E-state index contributed by atoms with van der Waals surface area (Å²) in [6.07, 6.45) is 5.11. The van der Waals surface area contributed by atoms with Crippen LogP contribution in [0.15, 0.2) is 36.5 Å². The van der Waals surface area contributed by atoms with Crippen LogP contribution in [0.3, 0.4) is 0 Å². The van der Waals surface area contributed by atoms with E-state index in [9.17, 15) is 4.79 Å². The monoisotopic (exact) mass is 341 g/mol. The number of anilines is 1. The molecule has 1 amide bonds. The van der Waals surface area contributed by atoms with Crippen LogP contribution in [0.2, 0.25) is 0 Å². The van der Waals surface area contributed by atoms with Crippen molar-refractivity contribution in [3.05, 3.63) is 47.7 Å². The highest BCUT2D eigenvalue weighted by Crippen LogP contribution is 2.32. The molecule has 0 fully saturated rings. The van der Waals surface area contributed by atoms with Gasteiger partial charge in [-0.25, -0.2) is 4.98 Å². The fraction of sp³-hybridized carbons (Fsp3) is 0.368. The summed E-state index contributed by atoms with van der Waals surface area (Å²) in [5.74, 6) is 2.06. The lowest BCUT2D eigenvalue weighted by molar-refractivity contribution is 0.0950. The number of aromatic nitrogens is 1. The zero-order valence-corrected chi connectivity index (χ0v) is 14.4. The van der Waals surface area contributed by atoms with E-state index < -0.39 is 0 Å². The molecule has 25 heavy (non-hydrogen) atoms. The number of fused-ring (bicyclic) bond motifs is 1. The van der Waals surface area contributed by atoms with Gasteiger partial charge in [-0.2, -0.15) is 0 Å². The average Bonchev–Trinajstić information content (AvgIpc) is 3.11. The van der Waals surface area contributed by atoms with Crippen LogP contribution in [0.25, 0.3) is 0 Å². The Hall–Kier alpha value is -2.76. The maximum absolute atomic E-state index is 12.4. The number of benzene rings is 1. The second kappa shape index (κ2) is 8.37. The van der Waals surface area contributed by atoms with Crippen molar-refractivity contribution in [2.24, 2.45) is 0 Å². The van der Waals surface area contributed by atoms with Crippen LogP contribution in [-0.4, -0.2) is 24.2 Å². The summed E-state index contributed by atoms with van der Waals surface area (Å²) in [5.41, 5.74) is 1.55. The highest BCUT2D eigenvalue weighted by molar-refractivity contribution is 5.94. The minimum absolute atomic E-state index is 0.128. The van der Waals surface area contributed by atoms with E-state index in [-0.39, 0.29) is 12.7 Å². The number of ether oxygens (including phenoxy) is 2. The van der Waals surface area contributed by atoms with E-state index in [1.165, 1.54) is 12.8 Å². The van der Waals surface area contributed by atoms with Crippen molar-refractivity contribution in [3.63, 3.8) is 0 Å². The number of carbonyl (C=O) groups is 1. The molecule has 1 aliphatic rings. The van der Waals surface area contributed by atoms with E-state index in [1.807, 2.05) is 18.2 Å². The van der Waals surface area contributed by atoms with Gasteiger partial charge in [-0.15, -0.1) is 0 Å². The Morgan fingerprint density at radius 3 is 2.92 bits per heavy atom. The first-order valence-electron chi connectivity index (χ1n) is 8.63. The number of nitrogens with one attached hydrogen (secondary N) is 2. The third-order valence-electron chi connectivity index (χ3n) is 4.00. The van der Waals surface area contributed by atoms with Gasteiger partial charge in [0.25, 0.3) is 5.91 Å². The van der Waals surface area contributed by atoms with Crippen molar-refractivity contribution < 1.29 is 14.3 Å². The summed E-state index contributed by atoms with van der Waals surface area (Å²) in [6, 6.07) is 9.15. The normalized spacial score (nSPS) is 12.0. The lowest BCUT2D eigenvalue weighted by atomic mass is 10.2. The largest absolute Gasteiger partial charge is 0.454 e. The number of rotatable bonds is 8. The highest BCUT2D eigenvalue weighted by Gasteiger charge is 2.13. The Kier molecular flexibility index (Phi) is 5.72. The lowest BCUT2D eigenvalue weighted by Crippen LogP contribution is -2.23. The smallest absolute Gasteiger partial charge is 0.251 e. The predicted molar refractivity (Wildman–Crippen MR) is 96.0 cm³/mol. The van der Waals surface area contributed by atoms with Gasteiger partial charge in [0.2, 0.25) is 6.79 Å². The second-order valence-electron chi connectivity index (χ2n) is 5.93. The molecular formula is C19H23N3O3. The fourth-order valence-electron chi connectivity index (χ4n) is 2.60. The molecule has 132 valence electrons. The van der Waals surface area contributed by atoms with Crippen LogP contribution in [0.5, 0.6) is 11.5 Å². The van der Waals surface area contributed by atoms with Crippen molar-refractivity contribution in [2.45, 2.75) is 32.7 Å². The molecule has 0 bridgehead atoms. The van der Waals surface area contributed by atoms with Gasteiger partial charge in [-0.3, -0.25) is 4.79 Å². The number of nitrogens with zero attached hydrogens (tertiary/aromatic N) is 1. The fourth-order valence-corrected chi connectivity index (χ4v) is 2.60. The number of carbonyl (C=O) groups excluding carboxylic acids is 1. The number of amides is 1. The molecule has 2 aromatic rings. The first-order chi connectivity index (χ1) is 12.3. The van der Waals surface area contributed by atoms with Gasteiger partial charge in [0.15, 0.2) is 11.5 Å². The van der Waals surface area contributed by atoms with Gasteiger partial charge in [-0.1, -0.05) is 25.8 Å². The van der Waals surface area contributed by atoms with E-state index in [2.05, 4.69) is 22.5 Å². The third-order valence-corrected chi connectivity index (χ3v) is 4.00. The molecule has 0 atom stereocenters. The molecule has 0 aliphatic carbocycles. The molecule has 0 unspecified atom stereocenters. The molecule has 3 rings (SSSR count). The van der Waals surface area contributed by atoms with Gasteiger partial charge in [-0.05, 0) is 36.2 Å². The first kappa shape index (κ1) is 17.1. The predicted octanol–water partition coefficient (Wildman–Crippen LogP) is 3.34. The van der Waals surface area contributed by atoms with Crippen molar-refractivity contribution in [3.8, 4) is 11.5 Å². The maximum Gasteiger partial charge on any atom is 0.251 e. The topological polar surface area (TPSA) is 72.5 Å². The molecule has 0 spiro atoms. The number of hydrogen-bond donors (Lipinski definition) is 2. The quantitative estimate of drug-likeness (QED) is 0.721. The van der Waals surface area contributed by atoms with Crippen molar-refractivity contribution >= 4 is 11.7 Å². The Labute approximate surface area is 147 Å². The van der Waals surface area contributed by atoms with Crippen LogP contribution >= 0.6 is 0 Å². The minimum atomic E-state index is -0.128. The molecule has 1 aromatic heterocycles. The van der Waals surface area contributed by atoms with Gasteiger partial charge in [0, 0.05) is 24.8 Å². The molecule has 6 nitrogen and oxygen atoms in total. The van der Waals surface area contributed by atoms with Crippen LogP contribution < -0.4 is 20.1 Å². The number of unbranched alkanes of at least 4 members (excludes halogenated alkanes) is 2. The Balaban J connectivity index is 1.54. The van der Waals surface area contributed by atoms with Crippen LogP contribution in [-0.2, 0) is 6.54 Å². The van der Waals surface area contributed by atoms with E-state index in [0.29, 0.717) is 17.9 Å². The zero-order valence-electron chi connectivity index (χ0n) is 14.4. The molecule has 1 aliphatic heterocycles. The molecule has 0 saturated carbocycles. The van der Waals surface area contributed by atoms with Crippen LogP contribution in [0.1, 0.15) is 42.1 Å². The first-order valence-corrected chi connectivity index (χ1v) is 8.63. The van der Waals surface area contributed by atoms with E-state index >= 15 is 0 Å². The molecule has 1 aromatic carbocycles. The zero-order chi connectivity index (χ0) is 17.5. The Morgan fingerprint density at radius 2 is 2.04 bits per heavy atom. The van der Waals surface area contributed by atoms with Gasteiger partial charge in [0.1, 0.15) is 5.82 Å². The lowest BCUT2D eigenvalue weighted by Gasteiger charge is -2.09. The van der Waals surface area contributed by atoms with Gasteiger partial charge >= 0.3 is 0 Å². The Bertz CT molecular complexity index is 734. The SMILES string of the molecule is CCCCCNc1cc(C(=O)NCc2ccc3c(c2)OCO3)ccn1. The molecule has 2 N–H and O–H groups in total. The third kappa shape index (κ3) is 4.62. The van der Waals surface area contributed by atoms with Crippen LogP contribution in [0, 0.1) is 0 Å². The molecule has 0 saturated heterocycles. The minimum Gasteiger partial charge on any atom is -0.454 e. The summed E-state index contributed by atoms with van der Waals surface area (Å²) < 4.78 is 10.6. The molecular weight excluding hydrogens is 318 g/mol. The summed E-state index contributed by atoms with van der Waals surface area (Å²) in [4.78, 5) is 16.6. The van der Waals surface area contributed by atoms with Crippen molar-refractivity contribution in [2.75, 3.05) is 18.7 Å². The van der Waals surface area contributed by atoms with Gasteiger partial charge < -0.3 is 20.1 Å². The highest BCUT2D eigenvalue weighted by atomic mass is 16.7. The Morgan fingerprint density at radius 1 is 1.16 bits per heavy atom. The molecule has 6 heteroatoms. The maximum atomic E-state index is 12.4. The van der Waals surface area contributed by atoms with E-state index in [1.54, 1.807) is 18.3 Å². The van der Waals surface area contributed by atoms with Crippen molar-refractivity contribution in [1.82, 2.24) is 10.3 Å². The summed E-state index contributed by atoms with van der Waals surface area (Å²) >= 11 is 0.